The summed E-state index contributed by atoms with van der Waals surface area (Å²) in [6.07, 6.45) is -4.06. The van der Waals surface area contributed by atoms with Gasteiger partial charge in [0.15, 0.2) is 0 Å². The van der Waals surface area contributed by atoms with Crippen LogP contribution < -0.4 is 0 Å². The molecular formula is C40H47NO9S. The van der Waals surface area contributed by atoms with Gasteiger partial charge in [-0.1, -0.05) is 109 Å². The minimum atomic E-state index is -4.25. The van der Waals surface area contributed by atoms with Crippen molar-refractivity contribution in [3.05, 3.63) is 138 Å². The molecule has 0 spiro atoms. The Morgan fingerprint density at radius 2 is 1.24 bits per heavy atom. The van der Waals surface area contributed by atoms with Crippen molar-refractivity contribution in [2.75, 3.05) is 13.2 Å². The van der Waals surface area contributed by atoms with Crippen LogP contribution in [0.3, 0.4) is 0 Å². The third-order valence-electron chi connectivity index (χ3n) is 8.39. The van der Waals surface area contributed by atoms with Crippen LogP contribution in [0.5, 0.6) is 0 Å². The number of aliphatic hydroxyl groups excluding tert-OH is 1. The molecule has 4 aromatic rings. The van der Waals surface area contributed by atoms with Gasteiger partial charge in [0.05, 0.1) is 50.0 Å². The molecule has 5 atom stereocenters. The normalized spacial score (nSPS) is 19.9. The smallest absolute Gasteiger partial charge is 0.411 e. The van der Waals surface area contributed by atoms with E-state index >= 15 is 0 Å². The van der Waals surface area contributed by atoms with Crippen LogP contribution in [0.25, 0.3) is 0 Å². The first-order chi connectivity index (χ1) is 24.4. The Hall–Kier alpha value is -4.10. The SMILES string of the molecule is Cc1ccc(S(=O)(=O)OC[C@@H](O)[C@@H]2[C@@H](OCc3ccccc3)[C@H](OCc3ccccc3)[C@@H](COCc3ccccc3)N2C(=O)OC(C)(C)C)cc1. The van der Waals surface area contributed by atoms with E-state index in [1.807, 2.05) is 97.9 Å². The Labute approximate surface area is 301 Å². The first kappa shape index (κ1) is 38.1. The van der Waals surface area contributed by atoms with E-state index in [0.29, 0.717) is 0 Å². The van der Waals surface area contributed by atoms with Crippen molar-refractivity contribution in [1.82, 2.24) is 4.90 Å². The predicted molar refractivity (Wildman–Crippen MR) is 192 cm³/mol. The van der Waals surface area contributed by atoms with Gasteiger partial charge in [0.2, 0.25) is 0 Å². The molecule has 10 nitrogen and oxygen atoms in total. The summed E-state index contributed by atoms with van der Waals surface area (Å²) in [4.78, 5) is 15.5. The average molecular weight is 718 g/mol. The molecule has 0 unspecified atom stereocenters. The van der Waals surface area contributed by atoms with Gasteiger partial charge in [0.25, 0.3) is 10.1 Å². The third kappa shape index (κ3) is 10.7. The Morgan fingerprint density at radius 1 is 0.745 bits per heavy atom. The van der Waals surface area contributed by atoms with E-state index in [-0.39, 0.29) is 31.3 Å². The summed E-state index contributed by atoms with van der Waals surface area (Å²) in [6, 6.07) is 32.9. The van der Waals surface area contributed by atoms with E-state index in [1.54, 1.807) is 32.9 Å². The molecule has 11 heteroatoms. The van der Waals surface area contributed by atoms with Gasteiger partial charge < -0.3 is 24.1 Å². The number of aryl methyl sites for hydroxylation is 1. The maximum absolute atomic E-state index is 14.2. The molecule has 1 amide bonds. The van der Waals surface area contributed by atoms with Crippen molar-refractivity contribution in [3.63, 3.8) is 0 Å². The summed E-state index contributed by atoms with van der Waals surface area (Å²) >= 11 is 0. The first-order valence-electron chi connectivity index (χ1n) is 17.0. The van der Waals surface area contributed by atoms with Crippen LogP contribution in [-0.4, -0.2) is 73.7 Å². The standard InChI is InChI=1S/C40H47NO9S/c1-29-20-22-33(23-21-29)51(44,45)49-28-35(42)36-38(48-26-32-18-12-7-13-19-32)37(47-25-31-16-10-6-11-17-31)34(41(36)39(43)50-40(2,3)4)27-46-24-30-14-8-5-9-15-30/h5-23,34-38,42H,24-28H2,1-4H3/t34-,35-,36-,37-,38-/m1/s1. The number of benzene rings is 4. The van der Waals surface area contributed by atoms with Gasteiger partial charge in [-0.25, -0.2) is 4.79 Å². The maximum Gasteiger partial charge on any atom is 0.411 e. The van der Waals surface area contributed by atoms with Gasteiger partial charge in [-0.2, -0.15) is 8.42 Å². The van der Waals surface area contributed by atoms with Crippen LogP contribution >= 0.6 is 0 Å². The molecule has 272 valence electrons. The zero-order valence-electron chi connectivity index (χ0n) is 29.5. The van der Waals surface area contributed by atoms with Crippen molar-refractivity contribution in [1.29, 1.82) is 0 Å². The molecule has 51 heavy (non-hydrogen) atoms. The topological polar surface area (TPSA) is 121 Å². The summed E-state index contributed by atoms with van der Waals surface area (Å²) in [6.45, 7) is 6.99. The molecule has 1 heterocycles. The fourth-order valence-electron chi connectivity index (χ4n) is 5.94. The fourth-order valence-corrected chi connectivity index (χ4v) is 6.86. The second kappa shape index (κ2) is 17.4. The highest BCUT2D eigenvalue weighted by molar-refractivity contribution is 7.86. The number of rotatable bonds is 15. The molecule has 0 aromatic heterocycles. The number of likely N-dealkylation sites (tertiary alicyclic amines) is 1. The number of carbonyl (C=O) groups is 1. The van der Waals surface area contributed by atoms with E-state index < -0.39 is 58.8 Å². The molecule has 1 N–H and O–H groups in total. The van der Waals surface area contributed by atoms with Crippen molar-refractivity contribution in [2.24, 2.45) is 0 Å². The zero-order chi connectivity index (χ0) is 36.4. The molecule has 0 saturated carbocycles. The number of ether oxygens (including phenoxy) is 4. The molecular weight excluding hydrogens is 671 g/mol. The second-order valence-electron chi connectivity index (χ2n) is 13.6. The Kier molecular flexibility index (Phi) is 13.0. The molecule has 0 aliphatic carbocycles. The lowest BCUT2D eigenvalue weighted by molar-refractivity contribution is -0.0974. The highest BCUT2D eigenvalue weighted by atomic mass is 32.2. The van der Waals surface area contributed by atoms with Crippen molar-refractivity contribution in [3.8, 4) is 0 Å². The molecule has 1 fully saturated rings. The predicted octanol–water partition coefficient (Wildman–Crippen LogP) is 6.44. The van der Waals surface area contributed by atoms with Gasteiger partial charge in [-0.05, 0) is 56.5 Å². The lowest BCUT2D eigenvalue weighted by atomic mass is 10.0. The lowest BCUT2D eigenvalue weighted by Gasteiger charge is -2.35. The Balaban J connectivity index is 1.51. The molecule has 1 aliphatic rings. The van der Waals surface area contributed by atoms with Crippen LogP contribution in [0.1, 0.15) is 43.0 Å². The van der Waals surface area contributed by atoms with Crippen LogP contribution in [0.2, 0.25) is 0 Å². The monoisotopic (exact) mass is 717 g/mol. The zero-order valence-corrected chi connectivity index (χ0v) is 30.3. The number of hydrogen-bond acceptors (Lipinski definition) is 9. The molecule has 1 saturated heterocycles. The minimum absolute atomic E-state index is 0.00450. The van der Waals surface area contributed by atoms with Gasteiger partial charge in [0.1, 0.15) is 23.9 Å². The van der Waals surface area contributed by atoms with Gasteiger partial charge in [-0.3, -0.25) is 9.08 Å². The van der Waals surface area contributed by atoms with E-state index in [2.05, 4.69) is 0 Å². The summed E-state index contributed by atoms with van der Waals surface area (Å²) in [5, 5.41) is 11.9. The highest BCUT2D eigenvalue weighted by Crippen LogP contribution is 2.36. The minimum Gasteiger partial charge on any atom is -0.444 e. The van der Waals surface area contributed by atoms with Crippen LogP contribution in [0.15, 0.2) is 120 Å². The number of amides is 1. The second-order valence-corrected chi connectivity index (χ2v) is 15.2. The van der Waals surface area contributed by atoms with Gasteiger partial charge in [-0.15, -0.1) is 0 Å². The van der Waals surface area contributed by atoms with Crippen molar-refractivity contribution < 1.29 is 41.4 Å². The van der Waals surface area contributed by atoms with E-state index in [1.165, 1.54) is 17.0 Å². The summed E-state index contributed by atoms with van der Waals surface area (Å²) < 4.78 is 57.1. The largest absolute Gasteiger partial charge is 0.444 e. The number of carbonyl (C=O) groups excluding carboxylic acids is 1. The van der Waals surface area contributed by atoms with E-state index in [9.17, 15) is 18.3 Å². The molecule has 4 aromatic carbocycles. The van der Waals surface area contributed by atoms with Crippen LogP contribution in [0.4, 0.5) is 4.79 Å². The van der Waals surface area contributed by atoms with Crippen molar-refractivity contribution in [2.45, 2.75) is 88.4 Å². The fraction of sp³-hybridized carbons (Fsp3) is 0.375. The highest BCUT2D eigenvalue weighted by Gasteiger charge is 2.56. The van der Waals surface area contributed by atoms with E-state index in [4.69, 9.17) is 23.1 Å². The summed E-state index contributed by atoms with van der Waals surface area (Å²) in [5.74, 6) is 0. The van der Waals surface area contributed by atoms with Crippen LogP contribution in [-0.2, 0) is 53.1 Å². The third-order valence-corrected chi connectivity index (χ3v) is 9.69. The maximum atomic E-state index is 14.2. The van der Waals surface area contributed by atoms with Gasteiger partial charge >= 0.3 is 6.09 Å². The van der Waals surface area contributed by atoms with Crippen LogP contribution in [0, 0.1) is 6.92 Å². The Morgan fingerprint density at radius 3 is 1.75 bits per heavy atom. The lowest BCUT2D eigenvalue weighted by Crippen LogP contribution is -2.53. The number of aliphatic hydroxyl groups is 1. The number of hydrogen-bond donors (Lipinski definition) is 1. The summed E-state index contributed by atoms with van der Waals surface area (Å²) in [7, 11) is -4.25. The first-order valence-corrected chi connectivity index (χ1v) is 18.4. The molecule has 5 rings (SSSR count). The quantitative estimate of drug-likeness (QED) is 0.139. The molecule has 0 bridgehead atoms. The summed E-state index contributed by atoms with van der Waals surface area (Å²) in [5.41, 5.74) is 2.68. The molecule has 1 aliphatic heterocycles. The number of nitrogens with zero attached hydrogens (tertiary/aromatic N) is 1. The van der Waals surface area contributed by atoms with Crippen molar-refractivity contribution >= 4 is 16.2 Å². The van der Waals surface area contributed by atoms with Gasteiger partial charge in [0, 0.05) is 0 Å². The Bertz CT molecular complexity index is 1770. The molecule has 0 radical (unpaired) electrons. The average Bonchev–Trinajstić information content (AvgIpc) is 3.42. The van der Waals surface area contributed by atoms with E-state index in [0.717, 1.165) is 22.3 Å².